The summed E-state index contributed by atoms with van der Waals surface area (Å²) in [4.78, 5) is 52.5. The first-order valence-corrected chi connectivity index (χ1v) is 13.0. The van der Waals surface area contributed by atoms with E-state index in [1.165, 1.54) is 16.0 Å². The molecule has 0 radical (unpaired) electrons. The van der Waals surface area contributed by atoms with E-state index in [9.17, 15) is 19.2 Å². The van der Waals surface area contributed by atoms with Gasteiger partial charge in [0.1, 0.15) is 18.4 Å². The molecule has 9 nitrogen and oxygen atoms in total. The van der Waals surface area contributed by atoms with Gasteiger partial charge in [0.05, 0.1) is 13.2 Å². The summed E-state index contributed by atoms with van der Waals surface area (Å²) in [6, 6.07) is 5.00. The molecule has 3 unspecified atom stereocenters. The largest absolute Gasteiger partial charge is 0.449 e. The number of nitrogens with zero attached hydrogens (tertiary/aromatic N) is 2. The number of ether oxygens (including phenoxy) is 2. The Morgan fingerprint density at radius 2 is 1.97 bits per heavy atom. The molecule has 0 saturated carbocycles. The van der Waals surface area contributed by atoms with E-state index in [-0.39, 0.29) is 37.4 Å². The Morgan fingerprint density at radius 3 is 2.67 bits per heavy atom. The van der Waals surface area contributed by atoms with Crippen LogP contribution in [0.4, 0.5) is 9.59 Å². The van der Waals surface area contributed by atoms with Crippen molar-refractivity contribution in [1.29, 1.82) is 0 Å². The number of aldehydes is 1. The molecule has 9 heteroatoms. The summed E-state index contributed by atoms with van der Waals surface area (Å²) >= 11 is 0. The molecule has 1 N–H and O–H groups in total. The molecule has 2 aliphatic rings. The summed E-state index contributed by atoms with van der Waals surface area (Å²) in [5.41, 5.74) is 3.63. The summed E-state index contributed by atoms with van der Waals surface area (Å²) in [5.74, 6) is -0.157. The van der Waals surface area contributed by atoms with Gasteiger partial charge in [0.15, 0.2) is 0 Å². The maximum Gasteiger partial charge on any atom is 0.410 e. The average Bonchev–Trinajstić information content (AvgIpc) is 3.45. The highest BCUT2D eigenvalue weighted by Crippen LogP contribution is 2.29. The maximum atomic E-state index is 13.1. The summed E-state index contributed by atoms with van der Waals surface area (Å²) in [7, 11) is 0. The van der Waals surface area contributed by atoms with E-state index >= 15 is 0 Å². The molecule has 0 spiro atoms. The van der Waals surface area contributed by atoms with Gasteiger partial charge in [-0.05, 0) is 42.4 Å². The molecule has 1 fully saturated rings. The van der Waals surface area contributed by atoms with Crippen LogP contribution in [0, 0.1) is 5.92 Å². The SMILES string of the molecule is CCCCc1cccc2c1CN(C(=O)OC1CC(CC=O)N(C(=O)C(C)NC(=O)OCC(C)C)C1)C2. The number of unbranched alkanes of at least 4 members (excludes halogenated alkanes) is 1. The lowest BCUT2D eigenvalue weighted by Crippen LogP contribution is -2.49. The number of alkyl carbamates (subject to hydrolysis) is 1. The van der Waals surface area contributed by atoms with Crippen molar-refractivity contribution in [3.8, 4) is 0 Å². The Labute approximate surface area is 213 Å². The quantitative estimate of drug-likeness (QED) is 0.489. The number of benzene rings is 1. The third-order valence-corrected chi connectivity index (χ3v) is 6.69. The lowest BCUT2D eigenvalue weighted by Gasteiger charge is -2.26. The van der Waals surface area contributed by atoms with E-state index in [0.29, 0.717) is 19.5 Å². The van der Waals surface area contributed by atoms with Crippen LogP contribution in [-0.2, 0) is 38.6 Å². The second-order valence-corrected chi connectivity index (χ2v) is 10.2. The van der Waals surface area contributed by atoms with Gasteiger partial charge in [0.25, 0.3) is 0 Å². The number of rotatable bonds is 10. The van der Waals surface area contributed by atoms with E-state index in [1.54, 1.807) is 11.8 Å². The zero-order valence-corrected chi connectivity index (χ0v) is 21.8. The Morgan fingerprint density at radius 1 is 1.19 bits per heavy atom. The fraction of sp³-hybridized carbons (Fsp3) is 0.630. The highest BCUT2D eigenvalue weighted by Gasteiger charge is 2.40. The van der Waals surface area contributed by atoms with Crippen molar-refractivity contribution >= 4 is 24.4 Å². The minimum Gasteiger partial charge on any atom is -0.449 e. The normalized spacial score (nSPS) is 19.7. The van der Waals surface area contributed by atoms with Gasteiger partial charge in [-0.3, -0.25) is 9.69 Å². The van der Waals surface area contributed by atoms with Crippen molar-refractivity contribution in [3.63, 3.8) is 0 Å². The second kappa shape index (κ2) is 12.7. The van der Waals surface area contributed by atoms with Crippen LogP contribution >= 0.6 is 0 Å². The molecule has 198 valence electrons. The van der Waals surface area contributed by atoms with Gasteiger partial charge in [0.2, 0.25) is 5.91 Å². The molecule has 36 heavy (non-hydrogen) atoms. The van der Waals surface area contributed by atoms with Crippen LogP contribution in [0.15, 0.2) is 18.2 Å². The molecule has 2 heterocycles. The van der Waals surface area contributed by atoms with Crippen molar-refractivity contribution in [3.05, 3.63) is 34.9 Å². The molecular formula is C27H39N3O6. The van der Waals surface area contributed by atoms with Crippen LogP contribution in [0.2, 0.25) is 0 Å². The maximum absolute atomic E-state index is 13.1. The molecule has 0 aliphatic carbocycles. The minimum atomic E-state index is -0.831. The Kier molecular flexibility index (Phi) is 9.73. The average molecular weight is 502 g/mol. The third kappa shape index (κ3) is 6.98. The highest BCUT2D eigenvalue weighted by atomic mass is 16.6. The summed E-state index contributed by atoms with van der Waals surface area (Å²) < 4.78 is 10.9. The Balaban J connectivity index is 1.57. The number of hydrogen-bond donors (Lipinski definition) is 1. The van der Waals surface area contributed by atoms with Crippen LogP contribution in [-0.4, -0.2) is 65.5 Å². The smallest absolute Gasteiger partial charge is 0.410 e. The molecule has 1 saturated heterocycles. The molecule has 3 rings (SSSR count). The number of likely N-dealkylation sites (tertiary alicyclic amines) is 1. The van der Waals surface area contributed by atoms with Crippen molar-refractivity contribution in [2.45, 2.75) is 91.1 Å². The molecule has 3 atom stereocenters. The molecule has 1 aromatic carbocycles. The van der Waals surface area contributed by atoms with Gasteiger partial charge < -0.3 is 24.5 Å². The van der Waals surface area contributed by atoms with Gasteiger partial charge in [0, 0.05) is 32.0 Å². The van der Waals surface area contributed by atoms with Crippen LogP contribution in [0.1, 0.15) is 70.1 Å². The fourth-order valence-corrected chi connectivity index (χ4v) is 4.77. The number of amides is 3. The first kappa shape index (κ1) is 27.5. The standard InChI is InChI=1S/C27H39N3O6/c1-5-6-8-20-9-7-10-21-14-29(16-24(20)21)27(34)36-23-13-22(11-12-31)30(15-23)25(32)19(4)28-26(33)35-17-18(2)3/h7,9-10,12,18-19,22-23H,5-6,8,11,13-17H2,1-4H3,(H,28,33). The van der Waals surface area contributed by atoms with E-state index < -0.39 is 24.3 Å². The number of hydrogen-bond acceptors (Lipinski definition) is 6. The summed E-state index contributed by atoms with van der Waals surface area (Å²) in [5, 5.41) is 2.55. The number of fused-ring (bicyclic) bond motifs is 1. The zero-order chi connectivity index (χ0) is 26.2. The molecule has 0 aromatic heterocycles. The molecule has 2 aliphatic heterocycles. The topological polar surface area (TPSA) is 105 Å². The molecule has 3 amide bonds. The lowest BCUT2D eigenvalue weighted by atomic mass is 9.99. The number of aryl methyl sites for hydroxylation is 1. The molecule has 1 aromatic rings. The van der Waals surface area contributed by atoms with Crippen LogP contribution in [0.25, 0.3) is 0 Å². The highest BCUT2D eigenvalue weighted by molar-refractivity contribution is 5.86. The van der Waals surface area contributed by atoms with Crippen LogP contribution in [0.3, 0.4) is 0 Å². The molecule has 0 bridgehead atoms. The molecular weight excluding hydrogens is 462 g/mol. The van der Waals surface area contributed by atoms with Crippen molar-refractivity contribution in [2.75, 3.05) is 13.2 Å². The van der Waals surface area contributed by atoms with Crippen molar-refractivity contribution in [2.24, 2.45) is 5.92 Å². The van der Waals surface area contributed by atoms with Crippen molar-refractivity contribution in [1.82, 2.24) is 15.1 Å². The number of nitrogens with one attached hydrogen (secondary N) is 1. The van der Waals surface area contributed by atoms with Gasteiger partial charge in [-0.25, -0.2) is 9.59 Å². The van der Waals surface area contributed by atoms with Gasteiger partial charge in [-0.15, -0.1) is 0 Å². The minimum absolute atomic E-state index is 0.139. The van der Waals surface area contributed by atoms with Gasteiger partial charge in [-0.1, -0.05) is 45.4 Å². The number of carbonyl (C=O) groups excluding carboxylic acids is 4. The fourth-order valence-electron chi connectivity index (χ4n) is 4.77. The van der Waals surface area contributed by atoms with Crippen molar-refractivity contribution < 1.29 is 28.7 Å². The summed E-state index contributed by atoms with van der Waals surface area (Å²) in [6.07, 6.45) is 2.89. The number of carbonyl (C=O) groups is 4. The Bertz CT molecular complexity index is 949. The Hall–Kier alpha value is -3.10. The lowest BCUT2D eigenvalue weighted by molar-refractivity contribution is -0.134. The van der Waals surface area contributed by atoms with Crippen LogP contribution in [0.5, 0.6) is 0 Å². The van der Waals surface area contributed by atoms with E-state index in [2.05, 4.69) is 24.4 Å². The summed E-state index contributed by atoms with van der Waals surface area (Å²) in [6.45, 7) is 9.03. The zero-order valence-electron chi connectivity index (χ0n) is 21.8. The van der Waals surface area contributed by atoms with Crippen LogP contribution < -0.4 is 5.32 Å². The van der Waals surface area contributed by atoms with E-state index in [1.807, 2.05) is 19.9 Å². The van der Waals surface area contributed by atoms with Gasteiger partial charge in [-0.2, -0.15) is 0 Å². The van der Waals surface area contributed by atoms with Gasteiger partial charge >= 0.3 is 12.2 Å². The third-order valence-electron chi connectivity index (χ3n) is 6.69. The first-order chi connectivity index (χ1) is 17.2. The van der Waals surface area contributed by atoms with E-state index in [0.717, 1.165) is 31.1 Å². The first-order valence-electron chi connectivity index (χ1n) is 13.0. The predicted octanol–water partition coefficient (Wildman–Crippen LogP) is 3.81. The predicted molar refractivity (Wildman–Crippen MR) is 134 cm³/mol. The van der Waals surface area contributed by atoms with E-state index in [4.69, 9.17) is 9.47 Å². The monoisotopic (exact) mass is 501 g/mol. The second-order valence-electron chi connectivity index (χ2n) is 10.2.